The zero-order valence-electron chi connectivity index (χ0n) is 12.4. The molecule has 0 fully saturated rings. The molecule has 114 valence electrons. The van der Waals surface area contributed by atoms with E-state index in [2.05, 4.69) is 15.5 Å². The highest BCUT2D eigenvalue weighted by atomic mass is 32.1. The van der Waals surface area contributed by atoms with E-state index in [0.29, 0.717) is 30.0 Å². The Morgan fingerprint density at radius 3 is 3.05 bits per heavy atom. The average molecular weight is 316 g/mol. The third kappa shape index (κ3) is 2.94. The summed E-state index contributed by atoms with van der Waals surface area (Å²) >= 11 is 1.53. The minimum atomic E-state index is -0.168. The minimum Gasteiger partial charge on any atom is -0.360 e. The molecule has 3 rings (SSSR count). The maximum absolute atomic E-state index is 12.4. The van der Waals surface area contributed by atoms with Crippen LogP contribution in [0.25, 0.3) is 10.6 Å². The molecule has 0 unspecified atom stereocenters. The van der Waals surface area contributed by atoms with Crippen LogP contribution in [0, 0.1) is 6.92 Å². The number of rotatable bonds is 5. The molecule has 3 aromatic rings. The first-order chi connectivity index (χ1) is 10.6. The number of nitrogens with zero attached hydrogens (tertiary/aromatic N) is 3. The van der Waals surface area contributed by atoms with Crippen molar-refractivity contribution in [1.82, 2.24) is 20.0 Å². The summed E-state index contributed by atoms with van der Waals surface area (Å²) < 4.78 is 7.07. The number of thiophene rings is 1. The SMILES string of the molecule is Cc1onc(-c2cccs2)c1C(=O)NCCc1cn(C)cn1. The number of amides is 1. The van der Waals surface area contributed by atoms with E-state index in [0.717, 1.165) is 10.6 Å². The van der Waals surface area contributed by atoms with Crippen molar-refractivity contribution in [3.05, 3.63) is 47.1 Å². The number of hydrogen-bond acceptors (Lipinski definition) is 5. The van der Waals surface area contributed by atoms with E-state index in [1.54, 1.807) is 13.3 Å². The number of imidazole rings is 1. The van der Waals surface area contributed by atoms with Gasteiger partial charge in [0.1, 0.15) is 17.0 Å². The molecular weight excluding hydrogens is 300 g/mol. The normalized spacial score (nSPS) is 10.8. The first-order valence-corrected chi connectivity index (χ1v) is 7.78. The third-order valence-electron chi connectivity index (χ3n) is 3.27. The lowest BCUT2D eigenvalue weighted by atomic mass is 10.1. The van der Waals surface area contributed by atoms with Crippen molar-refractivity contribution in [2.75, 3.05) is 6.54 Å². The summed E-state index contributed by atoms with van der Waals surface area (Å²) in [4.78, 5) is 17.6. The lowest BCUT2D eigenvalue weighted by Crippen LogP contribution is -2.26. The molecule has 0 aliphatic carbocycles. The van der Waals surface area contributed by atoms with E-state index in [4.69, 9.17) is 4.52 Å². The van der Waals surface area contributed by atoms with Gasteiger partial charge in [-0.3, -0.25) is 4.79 Å². The molecule has 0 radical (unpaired) electrons. The van der Waals surface area contributed by atoms with Gasteiger partial charge in [-0.15, -0.1) is 11.3 Å². The number of carbonyl (C=O) groups is 1. The second kappa shape index (κ2) is 6.15. The molecule has 0 spiro atoms. The highest BCUT2D eigenvalue weighted by Gasteiger charge is 2.21. The molecular formula is C15H16N4O2S. The molecule has 0 atom stereocenters. The van der Waals surface area contributed by atoms with E-state index in [1.807, 2.05) is 35.3 Å². The Balaban J connectivity index is 1.69. The summed E-state index contributed by atoms with van der Waals surface area (Å²) in [6.07, 6.45) is 4.37. The van der Waals surface area contributed by atoms with Gasteiger partial charge in [0, 0.05) is 26.2 Å². The second-order valence-electron chi connectivity index (χ2n) is 4.98. The van der Waals surface area contributed by atoms with Crippen LogP contribution in [-0.4, -0.2) is 27.2 Å². The quantitative estimate of drug-likeness (QED) is 0.784. The molecule has 0 saturated heterocycles. The van der Waals surface area contributed by atoms with Gasteiger partial charge < -0.3 is 14.4 Å². The van der Waals surface area contributed by atoms with Crippen LogP contribution in [0.3, 0.4) is 0 Å². The maximum Gasteiger partial charge on any atom is 0.257 e. The molecule has 3 heterocycles. The van der Waals surface area contributed by atoms with Crippen LogP contribution in [-0.2, 0) is 13.5 Å². The summed E-state index contributed by atoms with van der Waals surface area (Å²) in [5.74, 6) is 0.358. The van der Waals surface area contributed by atoms with Gasteiger partial charge >= 0.3 is 0 Å². The fourth-order valence-electron chi connectivity index (χ4n) is 2.21. The van der Waals surface area contributed by atoms with Gasteiger partial charge in [-0.2, -0.15) is 0 Å². The zero-order chi connectivity index (χ0) is 15.5. The van der Waals surface area contributed by atoms with Gasteiger partial charge in [-0.1, -0.05) is 11.2 Å². The van der Waals surface area contributed by atoms with E-state index in [1.165, 1.54) is 11.3 Å². The molecule has 1 N–H and O–H groups in total. The Kier molecular flexibility index (Phi) is 4.06. The Hall–Kier alpha value is -2.41. The first-order valence-electron chi connectivity index (χ1n) is 6.90. The van der Waals surface area contributed by atoms with E-state index in [9.17, 15) is 4.79 Å². The topological polar surface area (TPSA) is 73.0 Å². The Bertz CT molecular complexity index is 773. The fourth-order valence-corrected chi connectivity index (χ4v) is 2.92. The summed E-state index contributed by atoms with van der Waals surface area (Å²) in [7, 11) is 1.92. The highest BCUT2D eigenvalue weighted by molar-refractivity contribution is 7.13. The third-order valence-corrected chi connectivity index (χ3v) is 4.15. The number of aromatic nitrogens is 3. The number of aryl methyl sites for hydroxylation is 2. The standard InChI is InChI=1S/C15H16N4O2S/c1-10-13(14(18-21-10)12-4-3-7-22-12)15(20)16-6-5-11-8-19(2)9-17-11/h3-4,7-9H,5-6H2,1-2H3,(H,16,20). The molecule has 0 bridgehead atoms. The summed E-state index contributed by atoms with van der Waals surface area (Å²) in [6, 6.07) is 3.85. The van der Waals surface area contributed by atoms with Crippen LogP contribution in [0.1, 0.15) is 21.8 Å². The first kappa shape index (κ1) is 14.5. The van der Waals surface area contributed by atoms with Crippen molar-refractivity contribution in [3.8, 4) is 10.6 Å². The molecule has 6 nitrogen and oxygen atoms in total. The lowest BCUT2D eigenvalue weighted by molar-refractivity contribution is 0.0953. The Labute approximate surface area is 131 Å². The summed E-state index contributed by atoms with van der Waals surface area (Å²) in [5, 5.41) is 8.86. The van der Waals surface area contributed by atoms with E-state index >= 15 is 0 Å². The van der Waals surface area contributed by atoms with Crippen LogP contribution in [0.4, 0.5) is 0 Å². The number of carbonyl (C=O) groups excluding carboxylic acids is 1. The van der Waals surface area contributed by atoms with Gasteiger partial charge in [0.25, 0.3) is 5.91 Å². The monoisotopic (exact) mass is 316 g/mol. The van der Waals surface area contributed by atoms with Crippen LogP contribution in [0.5, 0.6) is 0 Å². The van der Waals surface area contributed by atoms with E-state index < -0.39 is 0 Å². The molecule has 0 aromatic carbocycles. The largest absolute Gasteiger partial charge is 0.360 e. The van der Waals surface area contributed by atoms with Gasteiger partial charge in [0.2, 0.25) is 0 Å². The van der Waals surface area contributed by atoms with Crippen molar-refractivity contribution in [1.29, 1.82) is 0 Å². The zero-order valence-corrected chi connectivity index (χ0v) is 13.2. The van der Waals surface area contributed by atoms with Crippen LogP contribution in [0.15, 0.2) is 34.6 Å². The number of hydrogen-bond donors (Lipinski definition) is 1. The molecule has 0 aliphatic heterocycles. The Morgan fingerprint density at radius 2 is 2.36 bits per heavy atom. The van der Waals surface area contributed by atoms with Crippen molar-refractivity contribution in [2.45, 2.75) is 13.3 Å². The fraction of sp³-hybridized carbons (Fsp3) is 0.267. The Morgan fingerprint density at radius 1 is 1.50 bits per heavy atom. The minimum absolute atomic E-state index is 0.168. The van der Waals surface area contributed by atoms with Gasteiger partial charge in [-0.05, 0) is 18.4 Å². The van der Waals surface area contributed by atoms with Gasteiger partial charge in [0.15, 0.2) is 0 Å². The van der Waals surface area contributed by atoms with Crippen LogP contribution < -0.4 is 5.32 Å². The molecule has 22 heavy (non-hydrogen) atoms. The lowest BCUT2D eigenvalue weighted by Gasteiger charge is -2.04. The van der Waals surface area contributed by atoms with Crippen LogP contribution >= 0.6 is 11.3 Å². The molecule has 7 heteroatoms. The average Bonchev–Trinajstić information content (AvgIpc) is 3.19. The van der Waals surface area contributed by atoms with Gasteiger partial charge in [-0.25, -0.2) is 4.98 Å². The highest BCUT2D eigenvalue weighted by Crippen LogP contribution is 2.28. The molecule has 3 aromatic heterocycles. The summed E-state index contributed by atoms with van der Waals surface area (Å²) in [5.41, 5.74) is 2.05. The maximum atomic E-state index is 12.4. The predicted molar refractivity (Wildman–Crippen MR) is 83.8 cm³/mol. The van der Waals surface area contributed by atoms with E-state index in [-0.39, 0.29) is 5.91 Å². The predicted octanol–water partition coefficient (Wildman–Crippen LogP) is 2.42. The van der Waals surface area contributed by atoms with Crippen molar-refractivity contribution >= 4 is 17.2 Å². The second-order valence-corrected chi connectivity index (χ2v) is 5.92. The molecule has 0 saturated carbocycles. The van der Waals surface area contributed by atoms with Crippen LogP contribution in [0.2, 0.25) is 0 Å². The smallest absolute Gasteiger partial charge is 0.257 e. The van der Waals surface area contributed by atoms with Crippen molar-refractivity contribution in [3.63, 3.8) is 0 Å². The molecule has 0 aliphatic rings. The number of nitrogens with one attached hydrogen (secondary N) is 1. The van der Waals surface area contributed by atoms with Gasteiger partial charge in [0.05, 0.1) is 16.9 Å². The molecule has 1 amide bonds. The summed E-state index contributed by atoms with van der Waals surface area (Å²) in [6.45, 7) is 2.27. The van der Waals surface area contributed by atoms with Crippen molar-refractivity contribution < 1.29 is 9.32 Å². The van der Waals surface area contributed by atoms with Crippen molar-refractivity contribution in [2.24, 2.45) is 7.05 Å².